The summed E-state index contributed by atoms with van der Waals surface area (Å²) in [6.45, 7) is -1.05. The summed E-state index contributed by atoms with van der Waals surface area (Å²) in [5.41, 5.74) is 0.502. The van der Waals surface area contributed by atoms with Gasteiger partial charge in [0.1, 0.15) is 12.3 Å². The minimum atomic E-state index is -4.04. The van der Waals surface area contributed by atoms with Crippen molar-refractivity contribution < 1.29 is 41.1 Å². The molecule has 0 spiro atoms. The van der Waals surface area contributed by atoms with Crippen LogP contribution in [0, 0.1) is 0 Å². The van der Waals surface area contributed by atoms with Crippen LogP contribution in [-0.4, -0.2) is 56.7 Å². The van der Waals surface area contributed by atoms with Crippen molar-refractivity contribution in [2.24, 2.45) is 0 Å². The number of halogens is 2. The second-order valence-electron chi connectivity index (χ2n) is 6.87. The number of benzene rings is 2. The molecule has 2 aromatic rings. The van der Waals surface area contributed by atoms with E-state index in [0.717, 1.165) is 4.31 Å². The Labute approximate surface area is 189 Å². The maximum atomic E-state index is 12.6. The molecular weight excluding hydrogens is 462 g/mol. The van der Waals surface area contributed by atoms with Crippen molar-refractivity contribution in [2.45, 2.75) is 31.5 Å². The molecule has 178 valence electrons. The SMILES string of the molecule is CC(=O)Nc1ccc(S(=O)(=O)N(C)CC(=O)OC(C)C(=O)c2ccc(OC(F)F)cc2)cc1. The summed E-state index contributed by atoms with van der Waals surface area (Å²) in [5, 5.41) is 2.51. The number of amides is 1. The molecule has 1 unspecified atom stereocenters. The first-order valence-corrected chi connectivity index (χ1v) is 11.0. The molecular formula is C21H22F2N2O7S. The third-order valence-corrected chi connectivity index (χ3v) is 6.09. The normalized spacial score (nSPS) is 12.3. The number of anilines is 1. The number of nitrogens with one attached hydrogen (secondary N) is 1. The topological polar surface area (TPSA) is 119 Å². The van der Waals surface area contributed by atoms with E-state index in [0.29, 0.717) is 5.69 Å². The Balaban J connectivity index is 1.98. The van der Waals surface area contributed by atoms with Crippen molar-refractivity contribution in [3.8, 4) is 5.75 Å². The van der Waals surface area contributed by atoms with Gasteiger partial charge >= 0.3 is 12.6 Å². The molecule has 1 atom stereocenters. The summed E-state index contributed by atoms with van der Waals surface area (Å²) in [6.07, 6.45) is -1.24. The van der Waals surface area contributed by atoms with Gasteiger partial charge in [-0.2, -0.15) is 13.1 Å². The number of likely N-dealkylation sites (N-methyl/N-ethyl adjacent to an activating group) is 1. The van der Waals surface area contributed by atoms with Crippen LogP contribution in [0.5, 0.6) is 5.75 Å². The smallest absolute Gasteiger partial charge is 0.387 e. The highest BCUT2D eigenvalue weighted by atomic mass is 32.2. The summed E-state index contributed by atoms with van der Waals surface area (Å²) in [6, 6.07) is 10.2. The number of hydrogen-bond donors (Lipinski definition) is 1. The van der Waals surface area contributed by atoms with Crippen LogP contribution in [-0.2, 0) is 24.3 Å². The maximum Gasteiger partial charge on any atom is 0.387 e. The number of ketones is 1. The van der Waals surface area contributed by atoms with Crippen molar-refractivity contribution in [1.82, 2.24) is 4.31 Å². The van der Waals surface area contributed by atoms with Gasteiger partial charge < -0.3 is 14.8 Å². The second kappa shape index (κ2) is 11.0. The highest BCUT2D eigenvalue weighted by Gasteiger charge is 2.26. The van der Waals surface area contributed by atoms with Crippen molar-refractivity contribution in [1.29, 1.82) is 0 Å². The molecule has 0 bridgehead atoms. The molecule has 0 fully saturated rings. The lowest BCUT2D eigenvalue weighted by molar-refractivity contribution is -0.146. The van der Waals surface area contributed by atoms with Gasteiger partial charge in [-0.1, -0.05) is 0 Å². The van der Waals surface area contributed by atoms with Gasteiger partial charge in [0, 0.05) is 25.2 Å². The van der Waals surface area contributed by atoms with Crippen molar-refractivity contribution >= 4 is 33.4 Å². The van der Waals surface area contributed by atoms with Crippen LogP contribution in [0.4, 0.5) is 14.5 Å². The quantitative estimate of drug-likeness (QED) is 0.407. The minimum absolute atomic E-state index is 0.0946. The monoisotopic (exact) mass is 484 g/mol. The molecule has 0 aliphatic rings. The van der Waals surface area contributed by atoms with Crippen molar-refractivity contribution in [3.05, 3.63) is 54.1 Å². The number of carbonyl (C=O) groups excluding carboxylic acids is 3. The van der Waals surface area contributed by atoms with Gasteiger partial charge in [0.15, 0.2) is 6.10 Å². The van der Waals surface area contributed by atoms with E-state index in [4.69, 9.17) is 4.74 Å². The lowest BCUT2D eigenvalue weighted by Crippen LogP contribution is -2.35. The number of ether oxygens (including phenoxy) is 2. The fraction of sp³-hybridized carbons (Fsp3) is 0.286. The maximum absolute atomic E-state index is 12.6. The molecule has 0 saturated carbocycles. The number of alkyl halides is 2. The molecule has 2 aromatic carbocycles. The Kier molecular flexibility index (Phi) is 8.60. The third kappa shape index (κ3) is 7.32. The van der Waals surface area contributed by atoms with Gasteiger partial charge in [-0.3, -0.25) is 14.4 Å². The zero-order valence-electron chi connectivity index (χ0n) is 17.9. The number of Topliss-reactive ketones (excluding diaryl/α,β-unsaturated/α-hetero) is 1. The average molecular weight is 484 g/mol. The van der Waals surface area contributed by atoms with E-state index in [2.05, 4.69) is 10.1 Å². The molecule has 0 saturated heterocycles. The summed E-state index contributed by atoms with van der Waals surface area (Å²) in [5.74, 6) is -2.02. The predicted octanol–water partition coefficient (Wildman–Crippen LogP) is 2.68. The van der Waals surface area contributed by atoms with E-state index < -0.39 is 41.0 Å². The van der Waals surface area contributed by atoms with E-state index in [-0.39, 0.29) is 22.1 Å². The molecule has 0 heterocycles. The number of nitrogens with zero attached hydrogens (tertiary/aromatic N) is 1. The standard InChI is InChI=1S/C21H22F2N2O7S/c1-13(20(28)15-4-8-17(9-5-15)32-21(22)23)31-19(27)12-25(3)33(29,30)18-10-6-16(7-11-18)24-14(2)26/h4-11,13,21H,12H2,1-3H3,(H,24,26). The van der Waals surface area contributed by atoms with Crippen LogP contribution < -0.4 is 10.1 Å². The molecule has 12 heteroatoms. The van der Waals surface area contributed by atoms with Crippen molar-refractivity contribution in [3.63, 3.8) is 0 Å². The molecule has 0 aromatic heterocycles. The van der Waals surface area contributed by atoms with Crippen LogP contribution in [0.1, 0.15) is 24.2 Å². The Hall–Kier alpha value is -3.38. The summed E-state index contributed by atoms with van der Waals surface area (Å²) in [7, 11) is -2.87. The Morgan fingerprint density at radius 1 is 1.03 bits per heavy atom. The number of carbonyl (C=O) groups is 3. The largest absolute Gasteiger partial charge is 0.453 e. The van der Waals surface area contributed by atoms with E-state index in [1.165, 1.54) is 69.4 Å². The van der Waals surface area contributed by atoms with Crippen LogP contribution >= 0.6 is 0 Å². The summed E-state index contributed by atoms with van der Waals surface area (Å²) < 4.78 is 59.7. The first kappa shape index (κ1) is 25.9. The van der Waals surface area contributed by atoms with E-state index in [1.54, 1.807) is 0 Å². The van der Waals surface area contributed by atoms with Crippen LogP contribution in [0.15, 0.2) is 53.4 Å². The Morgan fingerprint density at radius 3 is 2.12 bits per heavy atom. The van der Waals surface area contributed by atoms with Gasteiger partial charge in [-0.15, -0.1) is 0 Å². The lowest BCUT2D eigenvalue weighted by atomic mass is 10.1. The molecule has 9 nitrogen and oxygen atoms in total. The molecule has 0 aliphatic carbocycles. The molecule has 2 rings (SSSR count). The summed E-state index contributed by atoms with van der Waals surface area (Å²) in [4.78, 5) is 35.5. The van der Waals surface area contributed by atoms with Crippen molar-refractivity contribution in [2.75, 3.05) is 18.9 Å². The molecule has 1 amide bonds. The second-order valence-corrected chi connectivity index (χ2v) is 8.91. The number of sulfonamides is 1. The lowest BCUT2D eigenvalue weighted by Gasteiger charge is -2.18. The number of esters is 1. The highest BCUT2D eigenvalue weighted by Crippen LogP contribution is 2.19. The fourth-order valence-electron chi connectivity index (χ4n) is 2.68. The Morgan fingerprint density at radius 2 is 1.61 bits per heavy atom. The van der Waals surface area contributed by atoms with Crippen LogP contribution in [0.3, 0.4) is 0 Å². The highest BCUT2D eigenvalue weighted by molar-refractivity contribution is 7.89. The van der Waals surface area contributed by atoms with Crippen LogP contribution in [0.25, 0.3) is 0 Å². The first-order valence-electron chi connectivity index (χ1n) is 9.52. The Bertz CT molecular complexity index is 1100. The average Bonchev–Trinajstić information content (AvgIpc) is 2.73. The number of rotatable bonds is 10. The van der Waals surface area contributed by atoms with Gasteiger partial charge in [-0.05, 0) is 55.5 Å². The predicted molar refractivity (Wildman–Crippen MR) is 114 cm³/mol. The molecule has 0 radical (unpaired) electrons. The zero-order valence-corrected chi connectivity index (χ0v) is 18.8. The van der Waals surface area contributed by atoms with Crippen LogP contribution in [0.2, 0.25) is 0 Å². The van der Waals surface area contributed by atoms with E-state index in [9.17, 15) is 31.6 Å². The molecule has 0 aliphatic heterocycles. The van der Waals surface area contributed by atoms with Gasteiger partial charge in [0.25, 0.3) is 0 Å². The van der Waals surface area contributed by atoms with E-state index in [1.807, 2.05) is 0 Å². The van der Waals surface area contributed by atoms with Gasteiger partial charge in [-0.25, -0.2) is 8.42 Å². The number of hydrogen-bond acceptors (Lipinski definition) is 7. The third-order valence-electron chi connectivity index (χ3n) is 4.28. The fourth-order valence-corrected chi connectivity index (χ4v) is 3.80. The van der Waals surface area contributed by atoms with E-state index >= 15 is 0 Å². The minimum Gasteiger partial charge on any atom is -0.453 e. The molecule has 1 N–H and O–H groups in total. The van der Waals surface area contributed by atoms with Gasteiger partial charge in [0.2, 0.25) is 21.7 Å². The molecule has 33 heavy (non-hydrogen) atoms. The zero-order chi connectivity index (χ0) is 24.8. The summed E-state index contributed by atoms with van der Waals surface area (Å²) >= 11 is 0. The van der Waals surface area contributed by atoms with Gasteiger partial charge in [0.05, 0.1) is 4.90 Å². The first-order chi connectivity index (χ1) is 15.4.